The minimum atomic E-state index is -4.53. The number of unbranched alkanes of at least 4 members (excludes halogenated alkanes) is 3. The van der Waals surface area contributed by atoms with E-state index in [1.807, 2.05) is 0 Å². The molecule has 0 heterocycles. The molecule has 0 aliphatic rings. The molecular weight excluding hydrogens is 318 g/mol. The number of amides is 2. The monoisotopic (exact) mass is 336 g/mol. The summed E-state index contributed by atoms with van der Waals surface area (Å²) in [5.41, 5.74) is 0. The molecule has 0 unspecified atom stereocenters. The average Bonchev–Trinajstić information content (AvgIpc) is 2.27. The SMILES string of the molecule is O=C(CC(F)(F)F)NCCCCCCNC(=O)CC(F)(F)F. The number of alkyl halides is 6. The van der Waals surface area contributed by atoms with Crippen LogP contribution in [0.5, 0.6) is 0 Å². The highest BCUT2D eigenvalue weighted by atomic mass is 19.4. The molecule has 0 atom stereocenters. The number of halogens is 6. The van der Waals surface area contributed by atoms with Crippen molar-refractivity contribution in [3.63, 3.8) is 0 Å². The van der Waals surface area contributed by atoms with Gasteiger partial charge >= 0.3 is 12.4 Å². The summed E-state index contributed by atoms with van der Waals surface area (Å²) < 4.78 is 70.9. The number of carbonyl (C=O) groups excluding carboxylic acids is 2. The van der Waals surface area contributed by atoms with Gasteiger partial charge in [-0.3, -0.25) is 9.59 Å². The molecule has 0 aromatic heterocycles. The van der Waals surface area contributed by atoms with Crippen molar-refractivity contribution in [2.24, 2.45) is 0 Å². The van der Waals surface area contributed by atoms with Crippen molar-refractivity contribution in [3.05, 3.63) is 0 Å². The van der Waals surface area contributed by atoms with E-state index in [0.717, 1.165) is 0 Å². The van der Waals surface area contributed by atoms with E-state index in [4.69, 9.17) is 0 Å². The van der Waals surface area contributed by atoms with Crippen LogP contribution < -0.4 is 10.6 Å². The van der Waals surface area contributed by atoms with E-state index < -0.39 is 37.0 Å². The summed E-state index contributed by atoms with van der Waals surface area (Å²) in [6.45, 7) is 0.213. The van der Waals surface area contributed by atoms with Crippen molar-refractivity contribution >= 4 is 11.8 Å². The minimum absolute atomic E-state index is 0.106. The van der Waals surface area contributed by atoms with E-state index in [-0.39, 0.29) is 13.1 Å². The highest BCUT2D eigenvalue weighted by Crippen LogP contribution is 2.19. The lowest BCUT2D eigenvalue weighted by Gasteiger charge is -2.08. The van der Waals surface area contributed by atoms with Gasteiger partial charge in [-0.15, -0.1) is 0 Å². The van der Waals surface area contributed by atoms with Gasteiger partial charge in [0.15, 0.2) is 0 Å². The molecule has 0 aromatic carbocycles. The molecule has 0 aliphatic carbocycles. The second-order valence-corrected chi connectivity index (χ2v) is 4.70. The van der Waals surface area contributed by atoms with Crippen molar-refractivity contribution in [2.75, 3.05) is 13.1 Å². The van der Waals surface area contributed by atoms with Gasteiger partial charge in [0.25, 0.3) is 0 Å². The first-order valence-corrected chi connectivity index (χ1v) is 6.66. The zero-order valence-electron chi connectivity index (χ0n) is 11.7. The van der Waals surface area contributed by atoms with Gasteiger partial charge in [0, 0.05) is 13.1 Å². The van der Waals surface area contributed by atoms with Crippen molar-refractivity contribution in [3.8, 4) is 0 Å². The fourth-order valence-electron chi connectivity index (χ4n) is 1.55. The third kappa shape index (κ3) is 14.9. The van der Waals surface area contributed by atoms with E-state index >= 15 is 0 Å². The maximum Gasteiger partial charge on any atom is 0.397 e. The molecule has 0 radical (unpaired) electrons. The Labute approximate surface area is 123 Å². The Morgan fingerprint density at radius 2 is 0.955 bits per heavy atom. The first kappa shape index (κ1) is 20.5. The standard InChI is InChI=1S/C12H18F6N2O2/c13-11(14,15)7-9(21)19-5-3-1-2-4-6-20-10(22)8-12(16,17)18/h1-8H2,(H,19,21)(H,20,22). The molecule has 0 rings (SSSR count). The number of rotatable bonds is 9. The van der Waals surface area contributed by atoms with Crippen molar-refractivity contribution in [1.82, 2.24) is 10.6 Å². The third-order valence-corrected chi connectivity index (χ3v) is 2.47. The zero-order chi connectivity index (χ0) is 17.2. The molecule has 130 valence electrons. The Morgan fingerprint density at radius 1 is 0.636 bits per heavy atom. The molecule has 0 bridgehead atoms. The summed E-state index contributed by atoms with van der Waals surface area (Å²) in [6.07, 6.45) is -10.0. The summed E-state index contributed by atoms with van der Waals surface area (Å²) in [5, 5.41) is 4.24. The number of hydrogen-bond acceptors (Lipinski definition) is 2. The number of hydrogen-bond donors (Lipinski definition) is 2. The molecule has 2 N–H and O–H groups in total. The summed E-state index contributed by atoms with van der Waals surface area (Å²) in [6, 6.07) is 0. The van der Waals surface area contributed by atoms with Gasteiger partial charge in [-0.1, -0.05) is 12.8 Å². The summed E-state index contributed by atoms with van der Waals surface area (Å²) in [5.74, 6) is -2.18. The van der Waals surface area contributed by atoms with E-state index in [1.165, 1.54) is 0 Å². The fraction of sp³-hybridized carbons (Fsp3) is 0.833. The summed E-state index contributed by atoms with van der Waals surface area (Å²) in [7, 11) is 0. The first-order chi connectivity index (χ1) is 9.99. The molecule has 0 saturated heterocycles. The predicted molar refractivity (Wildman–Crippen MR) is 65.8 cm³/mol. The van der Waals surface area contributed by atoms with E-state index in [2.05, 4.69) is 10.6 Å². The van der Waals surface area contributed by atoms with Gasteiger partial charge in [-0.25, -0.2) is 0 Å². The van der Waals surface area contributed by atoms with Crippen LogP contribution >= 0.6 is 0 Å². The lowest BCUT2D eigenvalue weighted by Crippen LogP contribution is -2.29. The Bertz CT molecular complexity index is 321. The van der Waals surface area contributed by atoms with Crippen molar-refractivity contribution in [1.29, 1.82) is 0 Å². The van der Waals surface area contributed by atoms with Gasteiger partial charge in [0.1, 0.15) is 12.8 Å². The van der Waals surface area contributed by atoms with Crippen LogP contribution in [-0.2, 0) is 9.59 Å². The molecule has 4 nitrogen and oxygen atoms in total. The highest BCUT2D eigenvalue weighted by molar-refractivity contribution is 5.76. The normalized spacial score (nSPS) is 12.1. The third-order valence-electron chi connectivity index (χ3n) is 2.47. The topological polar surface area (TPSA) is 58.2 Å². The smallest absolute Gasteiger partial charge is 0.356 e. The summed E-state index contributed by atoms with van der Waals surface area (Å²) >= 11 is 0. The molecule has 10 heteroatoms. The van der Waals surface area contributed by atoms with E-state index in [9.17, 15) is 35.9 Å². The van der Waals surface area contributed by atoms with Crippen LogP contribution in [0.2, 0.25) is 0 Å². The first-order valence-electron chi connectivity index (χ1n) is 6.66. The van der Waals surface area contributed by atoms with Crippen LogP contribution in [0.15, 0.2) is 0 Å². The molecule has 0 saturated carbocycles. The van der Waals surface area contributed by atoms with Gasteiger partial charge in [0.2, 0.25) is 11.8 Å². The van der Waals surface area contributed by atoms with Crippen LogP contribution in [0.3, 0.4) is 0 Å². The minimum Gasteiger partial charge on any atom is -0.356 e. The fourth-order valence-corrected chi connectivity index (χ4v) is 1.55. The molecule has 0 fully saturated rings. The Balaban J connectivity index is 3.45. The van der Waals surface area contributed by atoms with Gasteiger partial charge in [-0.05, 0) is 12.8 Å². The molecule has 0 spiro atoms. The van der Waals surface area contributed by atoms with Crippen LogP contribution in [0.4, 0.5) is 26.3 Å². The van der Waals surface area contributed by atoms with Crippen LogP contribution in [-0.4, -0.2) is 37.3 Å². The maximum absolute atomic E-state index is 11.8. The number of nitrogens with one attached hydrogen (secondary N) is 2. The lowest BCUT2D eigenvalue weighted by molar-refractivity contribution is -0.155. The van der Waals surface area contributed by atoms with E-state index in [0.29, 0.717) is 25.7 Å². The van der Waals surface area contributed by atoms with Crippen molar-refractivity contribution < 1.29 is 35.9 Å². The highest BCUT2D eigenvalue weighted by Gasteiger charge is 2.31. The predicted octanol–water partition coefficient (Wildman–Crippen LogP) is 2.68. The molecule has 0 aromatic rings. The number of carbonyl (C=O) groups is 2. The second kappa shape index (κ2) is 9.52. The van der Waals surface area contributed by atoms with Crippen LogP contribution in [0.1, 0.15) is 38.5 Å². The average molecular weight is 336 g/mol. The Hall–Kier alpha value is -1.48. The second-order valence-electron chi connectivity index (χ2n) is 4.70. The molecule has 0 aliphatic heterocycles. The summed E-state index contributed by atoms with van der Waals surface area (Å²) in [4.78, 5) is 21.6. The Kier molecular flexibility index (Phi) is 8.88. The van der Waals surface area contributed by atoms with Gasteiger partial charge < -0.3 is 10.6 Å². The molecule has 2 amide bonds. The van der Waals surface area contributed by atoms with Crippen LogP contribution in [0, 0.1) is 0 Å². The zero-order valence-corrected chi connectivity index (χ0v) is 11.7. The molecular formula is C12H18F6N2O2. The van der Waals surface area contributed by atoms with Gasteiger partial charge in [-0.2, -0.15) is 26.3 Å². The quantitative estimate of drug-likeness (QED) is 0.502. The molecule has 22 heavy (non-hydrogen) atoms. The van der Waals surface area contributed by atoms with Crippen LogP contribution in [0.25, 0.3) is 0 Å². The van der Waals surface area contributed by atoms with Crippen molar-refractivity contribution in [2.45, 2.75) is 50.9 Å². The lowest BCUT2D eigenvalue weighted by atomic mass is 10.2. The Morgan fingerprint density at radius 3 is 1.23 bits per heavy atom. The van der Waals surface area contributed by atoms with E-state index in [1.54, 1.807) is 0 Å². The van der Waals surface area contributed by atoms with Gasteiger partial charge in [0.05, 0.1) is 0 Å². The maximum atomic E-state index is 11.8. The largest absolute Gasteiger partial charge is 0.397 e.